The first-order valence-electron chi connectivity index (χ1n) is 4.79. The molecule has 1 N–H and O–H groups in total. The Morgan fingerprint density at radius 2 is 2.47 bits per heavy atom. The van der Waals surface area contributed by atoms with Gasteiger partial charge in [-0.3, -0.25) is 10.1 Å². The van der Waals surface area contributed by atoms with Crippen LogP contribution >= 0.6 is 11.3 Å². The number of carbonyl (C=O) groups is 1. The number of guanidine groups is 1. The van der Waals surface area contributed by atoms with Crippen LogP contribution in [0.4, 0.5) is 0 Å². The van der Waals surface area contributed by atoms with Gasteiger partial charge < -0.3 is 4.90 Å². The molecule has 2 heterocycles. The third kappa shape index (κ3) is 2.18. The van der Waals surface area contributed by atoms with Crippen LogP contribution in [-0.2, 0) is 4.79 Å². The Morgan fingerprint density at radius 3 is 3.00 bits per heavy atom. The predicted octanol–water partition coefficient (Wildman–Crippen LogP) is 1.23. The molecule has 15 heavy (non-hydrogen) atoms. The smallest absolute Gasteiger partial charge is 0.246 e. The van der Waals surface area contributed by atoms with E-state index < -0.39 is 0 Å². The van der Waals surface area contributed by atoms with Crippen molar-refractivity contribution in [1.82, 2.24) is 10.2 Å². The van der Waals surface area contributed by atoms with Crippen LogP contribution < -0.4 is 5.32 Å². The van der Waals surface area contributed by atoms with Crippen molar-refractivity contribution in [1.29, 1.82) is 0 Å². The molecule has 4 nitrogen and oxygen atoms in total. The van der Waals surface area contributed by atoms with Crippen molar-refractivity contribution in [3.63, 3.8) is 0 Å². The van der Waals surface area contributed by atoms with Gasteiger partial charge in [-0.2, -0.15) is 0 Å². The van der Waals surface area contributed by atoms with Crippen LogP contribution in [0.2, 0.25) is 0 Å². The van der Waals surface area contributed by atoms with Gasteiger partial charge >= 0.3 is 0 Å². The van der Waals surface area contributed by atoms with Crippen molar-refractivity contribution in [2.75, 3.05) is 13.6 Å². The highest BCUT2D eigenvalue weighted by atomic mass is 32.1. The Labute approximate surface area is 92.6 Å². The van der Waals surface area contributed by atoms with E-state index in [0.717, 1.165) is 0 Å². The first-order valence-corrected chi connectivity index (χ1v) is 5.67. The quantitative estimate of drug-likeness (QED) is 0.819. The number of amides is 1. The highest BCUT2D eigenvalue weighted by Crippen LogP contribution is 2.22. The Morgan fingerprint density at radius 1 is 1.67 bits per heavy atom. The first kappa shape index (κ1) is 10.2. The van der Waals surface area contributed by atoms with E-state index in [9.17, 15) is 4.79 Å². The first-order chi connectivity index (χ1) is 7.16. The van der Waals surface area contributed by atoms with E-state index in [1.165, 1.54) is 4.88 Å². The van der Waals surface area contributed by atoms with Crippen molar-refractivity contribution in [2.45, 2.75) is 13.0 Å². The molecule has 2 rings (SSSR count). The topological polar surface area (TPSA) is 44.7 Å². The minimum atomic E-state index is 0.00892. The monoisotopic (exact) mass is 223 g/mol. The van der Waals surface area contributed by atoms with Gasteiger partial charge in [-0.15, -0.1) is 11.3 Å². The fraction of sp³-hybridized carbons (Fsp3) is 0.400. The predicted molar refractivity (Wildman–Crippen MR) is 60.9 cm³/mol. The summed E-state index contributed by atoms with van der Waals surface area (Å²) in [7, 11) is 1.86. The van der Waals surface area contributed by atoms with Gasteiger partial charge in [0, 0.05) is 11.9 Å². The van der Waals surface area contributed by atoms with Crippen LogP contribution in [0, 0.1) is 0 Å². The average Bonchev–Trinajstić information content (AvgIpc) is 2.76. The standard InChI is InChI=1S/C10H13N3OS/c1-7(8-4-3-5-15-8)11-10-12-9(14)6-13(10)2/h3-5,7H,6H2,1-2H3,(H,11,12,14)/t7-/m0/s1. The molecule has 0 radical (unpaired) electrons. The van der Waals surface area contributed by atoms with E-state index in [4.69, 9.17) is 0 Å². The van der Waals surface area contributed by atoms with Gasteiger partial charge in [0.25, 0.3) is 0 Å². The second-order valence-corrected chi connectivity index (χ2v) is 4.53. The zero-order valence-electron chi connectivity index (χ0n) is 8.73. The lowest BCUT2D eigenvalue weighted by molar-refractivity contribution is -0.118. The lowest BCUT2D eigenvalue weighted by atomic mass is 10.3. The number of nitrogens with one attached hydrogen (secondary N) is 1. The summed E-state index contributed by atoms with van der Waals surface area (Å²) in [5, 5.41) is 4.77. The van der Waals surface area contributed by atoms with Crippen molar-refractivity contribution >= 4 is 23.2 Å². The maximum Gasteiger partial charge on any atom is 0.246 e. The van der Waals surface area contributed by atoms with Crippen LogP contribution in [0.25, 0.3) is 0 Å². The number of hydrogen-bond donors (Lipinski definition) is 1. The molecule has 1 aromatic rings. The molecule has 5 heteroatoms. The Hall–Kier alpha value is -1.36. The molecule has 1 aliphatic heterocycles. The van der Waals surface area contributed by atoms with Gasteiger partial charge in [-0.25, -0.2) is 4.99 Å². The molecule has 80 valence electrons. The van der Waals surface area contributed by atoms with Gasteiger partial charge in [0.1, 0.15) is 0 Å². The minimum Gasteiger partial charge on any atom is -0.336 e. The minimum absolute atomic E-state index is 0.00892. The third-order valence-electron chi connectivity index (χ3n) is 2.26. The lowest BCUT2D eigenvalue weighted by Gasteiger charge is -2.11. The number of nitrogens with zero attached hydrogens (tertiary/aromatic N) is 2. The van der Waals surface area contributed by atoms with E-state index in [2.05, 4.69) is 16.4 Å². The van der Waals surface area contributed by atoms with Crippen molar-refractivity contribution in [3.05, 3.63) is 22.4 Å². The number of carbonyl (C=O) groups excluding carboxylic acids is 1. The fourth-order valence-corrected chi connectivity index (χ4v) is 2.18. The van der Waals surface area contributed by atoms with E-state index in [0.29, 0.717) is 12.5 Å². The SMILES string of the molecule is C[C@H](N=C1NC(=O)CN1C)c1cccs1. The summed E-state index contributed by atoms with van der Waals surface area (Å²) < 4.78 is 0. The van der Waals surface area contributed by atoms with Crippen molar-refractivity contribution in [3.8, 4) is 0 Å². The summed E-state index contributed by atoms with van der Waals surface area (Å²) in [4.78, 5) is 18.6. The second-order valence-electron chi connectivity index (χ2n) is 3.55. The van der Waals surface area contributed by atoms with E-state index in [1.54, 1.807) is 11.3 Å². The maximum absolute atomic E-state index is 11.1. The van der Waals surface area contributed by atoms with Crippen molar-refractivity contribution in [2.24, 2.45) is 4.99 Å². The number of aliphatic imine (C=N–C) groups is 1. The molecule has 1 aliphatic rings. The molecule has 0 aromatic carbocycles. The molecular weight excluding hydrogens is 210 g/mol. The lowest BCUT2D eigenvalue weighted by Crippen LogP contribution is -2.27. The molecule has 1 amide bonds. The van der Waals surface area contributed by atoms with Gasteiger partial charge in [0.15, 0.2) is 0 Å². The van der Waals surface area contributed by atoms with Gasteiger partial charge in [-0.05, 0) is 18.4 Å². The highest BCUT2D eigenvalue weighted by molar-refractivity contribution is 7.10. The fourth-order valence-electron chi connectivity index (χ4n) is 1.46. The number of thiophene rings is 1. The molecule has 1 atom stereocenters. The van der Waals surface area contributed by atoms with Crippen LogP contribution in [-0.4, -0.2) is 30.4 Å². The zero-order valence-corrected chi connectivity index (χ0v) is 9.54. The van der Waals surface area contributed by atoms with Crippen LogP contribution in [0.3, 0.4) is 0 Å². The molecule has 0 bridgehead atoms. The van der Waals surface area contributed by atoms with E-state index >= 15 is 0 Å². The molecule has 1 saturated heterocycles. The molecule has 0 unspecified atom stereocenters. The van der Waals surface area contributed by atoms with Gasteiger partial charge in [-0.1, -0.05) is 6.07 Å². The number of rotatable bonds is 2. The Kier molecular flexibility index (Phi) is 2.73. The molecule has 1 aromatic heterocycles. The zero-order chi connectivity index (χ0) is 10.8. The van der Waals surface area contributed by atoms with Crippen molar-refractivity contribution < 1.29 is 4.79 Å². The average molecular weight is 223 g/mol. The summed E-state index contributed by atoms with van der Waals surface area (Å²) in [6.07, 6.45) is 0. The van der Waals surface area contributed by atoms with Crippen LogP contribution in [0.15, 0.2) is 22.5 Å². The van der Waals surface area contributed by atoms with Gasteiger partial charge in [0.2, 0.25) is 11.9 Å². The molecule has 1 fully saturated rings. The Bertz CT molecular complexity index is 385. The molecular formula is C10H13N3OS. The van der Waals surface area contributed by atoms with Gasteiger partial charge in [0.05, 0.1) is 12.6 Å². The van der Waals surface area contributed by atoms with E-state index in [1.807, 2.05) is 30.3 Å². The number of hydrogen-bond acceptors (Lipinski definition) is 3. The van der Waals surface area contributed by atoms with E-state index in [-0.39, 0.29) is 11.9 Å². The largest absolute Gasteiger partial charge is 0.336 e. The second kappa shape index (κ2) is 4.02. The summed E-state index contributed by atoms with van der Waals surface area (Å²) in [6, 6.07) is 4.16. The third-order valence-corrected chi connectivity index (χ3v) is 3.31. The molecule has 0 aliphatic carbocycles. The van der Waals surface area contributed by atoms with Crippen LogP contribution in [0.5, 0.6) is 0 Å². The maximum atomic E-state index is 11.1. The summed E-state index contributed by atoms with van der Waals surface area (Å²) >= 11 is 1.68. The normalized spacial score (nSPS) is 20.8. The molecule has 0 saturated carbocycles. The number of likely N-dealkylation sites (N-methyl/N-ethyl adjacent to an activating group) is 1. The summed E-state index contributed by atoms with van der Waals surface area (Å²) in [6.45, 7) is 2.42. The summed E-state index contributed by atoms with van der Waals surface area (Å²) in [5.74, 6) is 0.676. The van der Waals surface area contributed by atoms with Crippen LogP contribution in [0.1, 0.15) is 17.8 Å². The molecule has 0 spiro atoms. The highest BCUT2D eigenvalue weighted by Gasteiger charge is 2.22. The summed E-state index contributed by atoms with van der Waals surface area (Å²) in [5.41, 5.74) is 0. The Balaban J connectivity index is 2.13.